The van der Waals surface area contributed by atoms with Crippen molar-refractivity contribution in [1.82, 2.24) is 0 Å². The minimum atomic E-state index is -4.73. The summed E-state index contributed by atoms with van der Waals surface area (Å²) in [4.78, 5) is 12.1. The minimum Gasteiger partial charge on any atom is -0.294 e. The molecule has 1 fully saturated rings. The van der Waals surface area contributed by atoms with Gasteiger partial charge in [0, 0.05) is 12.0 Å². The molecule has 0 spiro atoms. The number of halogens is 4. The van der Waals surface area contributed by atoms with E-state index < -0.39 is 17.6 Å². The average Bonchev–Trinajstić information content (AvgIpc) is 2.65. The second kappa shape index (κ2) is 6.58. The van der Waals surface area contributed by atoms with Crippen LogP contribution in [-0.2, 0) is 6.18 Å². The van der Waals surface area contributed by atoms with Gasteiger partial charge in [0.15, 0.2) is 5.78 Å². The van der Waals surface area contributed by atoms with Gasteiger partial charge in [-0.25, -0.2) is 4.39 Å². The maximum atomic E-state index is 13.5. The van der Waals surface area contributed by atoms with E-state index in [4.69, 9.17) is 0 Å². The van der Waals surface area contributed by atoms with Gasteiger partial charge in [-0.1, -0.05) is 44.6 Å². The average molecular weight is 302 g/mol. The van der Waals surface area contributed by atoms with Gasteiger partial charge in [-0.2, -0.15) is 13.2 Å². The molecule has 0 aromatic heterocycles. The van der Waals surface area contributed by atoms with E-state index in [0.29, 0.717) is 18.6 Å². The van der Waals surface area contributed by atoms with Gasteiger partial charge >= 0.3 is 6.18 Å². The summed E-state index contributed by atoms with van der Waals surface area (Å²) >= 11 is 0. The van der Waals surface area contributed by atoms with Gasteiger partial charge in [0.2, 0.25) is 0 Å². The van der Waals surface area contributed by atoms with Crippen molar-refractivity contribution < 1.29 is 22.4 Å². The lowest BCUT2D eigenvalue weighted by Gasteiger charge is -2.13. The Balaban J connectivity index is 2.07. The van der Waals surface area contributed by atoms with E-state index >= 15 is 0 Å². The Hall–Kier alpha value is -1.39. The van der Waals surface area contributed by atoms with Crippen molar-refractivity contribution in [2.24, 2.45) is 5.92 Å². The third kappa shape index (κ3) is 4.29. The van der Waals surface area contributed by atoms with Crippen LogP contribution < -0.4 is 0 Å². The van der Waals surface area contributed by atoms with Crippen molar-refractivity contribution in [3.63, 3.8) is 0 Å². The highest BCUT2D eigenvalue weighted by atomic mass is 19.4. The summed E-state index contributed by atoms with van der Waals surface area (Å²) in [7, 11) is 0. The molecule has 1 aliphatic carbocycles. The zero-order valence-electron chi connectivity index (χ0n) is 11.7. The Labute approximate surface area is 121 Å². The van der Waals surface area contributed by atoms with E-state index in [1.807, 2.05) is 0 Å². The van der Waals surface area contributed by atoms with Crippen molar-refractivity contribution >= 4 is 5.78 Å². The zero-order chi connectivity index (χ0) is 15.5. The topological polar surface area (TPSA) is 17.1 Å². The Morgan fingerprint density at radius 1 is 1.10 bits per heavy atom. The zero-order valence-corrected chi connectivity index (χ0v) is 11.7. The highest BCUT2D eigenvalue weighted by Gasteiger charge is 2.34. The van der Waals surface area contributed by atoms with Crippen molar-refractivity contribution in [3.05, 3.63) is 35.1 Å². The molecular weight excluding hydrogens is 284 g/mol. The Kier molecular flexibility index (Phi) is 5.01. The molecule has 116 valence electrons. The van der Waals surface area contributed by atoms with Crippen LogP contribution >= 0.6 is 0 Å². The maximum Gasteiger partial charge on any atom is 0.419 e. The van der Waals surface area contributed by atoms with Crippen LogP contribution in [0.25, 0.3) is 0 Å². The fraction of sp³-hybridized carbons (Fsp3) is 0.562. The van der Waals surface area contributed by atoms with Crippen LogP contribution in [0.1, 0.15) is 60.9 Å². The lowest BCUT2D eigenvalue weighted by atomic mass is 9.92. The predicted octanol–water partition coefficient (Wildman–Crippen LogP) is 5.39. The summed E-state index contributed by atoms with van der Waals surface area (Å²) in [5, 5.41) is 0. The molecule has 0 bridgehead atoms. The molecule has 1 nitrogen and oxygen atoms in total. The van der Waals surface area contributed by atoms with Crippen LogP contribution in [0.5, 0.6) is 0 Å². The van der Waals surface area contributed by atoms with Gasteiger partial charge in [-0.05, 0) is 18.1 Å². The third-order valence-corrected chi connectivity index (χ3v) is 4.05. The third-order valence-electron chi connectivity index (χ3n) is 4.05. The lowest BCUT2D eigenvalue weighted by molar-refractivity contribution is -0.140. The predicted molar refractivity (Wildman–Crippen MR) is 71.5 cm³/mol. The maximum absolute atomic E-state index is 13.5. The minimum absolute atomic E-state index is 0.0322. The molecule has 1 saturated carbocycles. The first-order valence-electron chi connectivity index (χ1n) is 7.28. The van der Waals surface area contributed by atoms with E-state index in [1.165, 1.54) is 12.8 Å². The first-order valence-corrected chi connectivity index (χ1v) is 7.28. The standard InChI is InChI=1S/C16H18F4O/c17-14-10-12(7-8-13(14)16(18,19)20)15(21)9-11-5-3-1-2-4-6-11/h7-8,10-11H,1-6,9H2. The number of carbonyl (C=O) groups is 1. The van der Waals surface area contributed by atoms with Crippen LogP contribution in [0, 0.1) is 11.7 Å². The fourth-order valence-electron chi connectivity index (χ4n) is 2.87. The van der Waals surface area contributed by atoms with Crippen LogP contribution in [0.3, 0.4) is 0 Å². The quantitative estimate of drug-likeness (QED) is 0.416. The second-order valence-electron chi connectivity index (χ2n) is 5.68. The molecule has 0 atom stereocenters. The first-order chi connectivity index (χ1) is 9.88. The number of ketones is 1. The second-order valence-corrected chi connectivity index (χ2v) is 5.68. The Morgan fingerprint density at radius 2 is 1.71 bits per heavy atom. The summed E-state index contributed by atoms with van der Waals surface area (Å²) in [6.45, 7) is 0. The van der Waals surface area contributed by atoms with Crippen molar-refractivity contribution in [1.29, 1.82) is 0 Å². The Morgan fingerprint density at radius 3 is 2.24 bits per heavy atom. The highest BCUT2D eigenvalue weighted by Crippen LogP contribution is 2.32. The molecule has 5 heteroatoms. The van der Waals surface area contributed by atoms with Crippen molar-refractivity contribution in [3.8, 4) is 0 Å². The van der Waals surface area contributed by atoms with E-state index in [9.17, 15) is 22.4 Å². The summed E-state index contributed by atoms with van der Waals surface area (Å²) in [6, 6.07) is 2.43. The molecule has 21 heavy (non-hydrogen) atoms. The highest BCUT2D eigenvalue weighted by molar-refractivity contribution is 5.96. The van der Waals surface area contributed by atoms with Gasteiger partial charge in [0.1, 0.15) is 5.82 Å². The molecule has 0 unspecified atom stereocenters. The summed E-state index contributed by atoms with van der Waals surface area (Å²) in [6.07, 6.45) is 2.00. The summed E-state index contributed by atoms with van der Waals surface area (Å²) in [5.74, 6) is -1.38. The molecule has 0 saturated heterocycles. The molecule has 1 aromatic carbocycles. The van der Waals surface area contributed by atoms with Gasteiger partial charge in [-0.3, -0.25) is 4.79 Å². The molecule has 0 heterocycles. The number of carbonyl (C=O) groups excluding carboxylic acids is 1. The monoisotopic (exact) mass is 302 g/mol. The molecule has 1 aromatic rings. The fourth-order valence-corrected chi connectivity index (χ4v) is 2.87. The molecular formula is C16H18F4O. The van der Waals surface area contributed by atoms with Crippen LogP contribution in [0.4, 0.5) is 17.6 Å². The Bertz CT molecular complexity index is 499. The number of rotatable bonds is 3. The van der Waals surface area contributed by atoms with E-state index in [1.54, 1.807) is 0 Å². The summed E-state index contributed by atoms with van der Waals surface area (Å²) in [5.41, 5.74) is -1.29. The SMILES string of the molecule is O=C(CC1CCCCCC1)c1ccc(C(F)(F)F)c(F)c1. The van der Waals surface area contributed by atoms with Crippen LogP contribution in [0.2, 0.25) is 0 Å². The number of hydrogen-bond donors (Lipinski definition) is 0. The van der Waals surface area contributed by atoms with Gasteiger partial charge in [0.05, 0.1) is 5.56 Å². The largest absolute Gasteiger partial charge is 0.419 e. The normalized spacial score (nSPS) is 17.5. The van der Waals surface area contributed by atoms with Gasteiger partial charge in [-0.15, -0.1) is 0 Å². The molecule has 2 rings (SSSR count). The van der Waals surface area contributed by atoms with E-state index in [2.05, 4.69) is 0 Å². The number of benzene rings is 1. The number of Topliss-reactive ketones (excluding diaryl/α,β-unsaturated/α-hetero) is 1. The number of alkyl halides is 3. The van der Waals surface area contributed by atoms with Crippen LogP contribution in [0.15, 0.2) is 18.2 Å². The molecule has 0 amide bonds. The first kappa shape index (κ1) is 16.0. The number of hydrogen-bond acceptors (Lipinski definition) is 1. The molecule has 0 aliphatic heterocycles. The molecule has 0 radical (unpaired) electrons. The van der Waals surface area contributed by atoms with Gasteiger partial charge in [0.25, 0.3) is 0 Å². The molecule has 1 aliphatic rings. The lowest BCUT2D eigenvalue weighted by Crippen LogP contribution is -2.12. The van der Waals surface area contributed by atoms with E-state index in [-0.39, 0.29) is 17.3 Å². The smallest absolute Gasteiger partial charge is 0.294 e. The van der Waals surface area contributed by atoms with Gasteiger partial charge < -0.3 is 0 Å². The van der Waals surface area contributed by atoms with Crippen molar-refractivity contribution in [2.45, 2.75) is 51.1 Å². The molecule has 0 N–H and O–H groups in total. The van der Waals surface area contributed by atoms with Crippen LogP contribution in [-0.4, -0.2) is 5.78 Å². The summed E-state index contributed by atoms with van der Waals surface area (Å²) < 4.78 is 50.9. The van der Waals surface area contributed by atoms with Crippen molar-refractivity contribution in [2.75, 3.05) is 0 Å². The van der Waals surface area contributed by atoms with E-state index in [0.717, 1.165) is 31.7 Å².